The molecule has 0 bridgehead atoms. The molecule has 0 unspecified atom stereocenters. The summed E-state index contributed by atoms with van der Waals surface area (Å²) in [5.41, 5.74) is 0.293. The van der Waals surface area contributed by atoms with Crippen LogP contribution < -0.4 is 0 Å². The fourth-order valence-corrected chi connectivity index (χ4v) is 4.85. The van der Waals surface area contributed by atoms with Gasteiger partial charge >= 0.3 is 0 Å². The van der Waals surface area contributed by atoms with Gasteiger partial charge in [0.1, 0.15) is 0 Å². The molecule has 2 saturated heterocycles. The van der Waals surface area contributed by atoms with Gasteiger partial charge in [0.2, 0.25) is 0 Å². The quantitative estimate of drug-likeness (QED) is 0.688. The van der Waals surface area contributed by atoms with Gasteiger partial charge in [-0.3, -0.25) is 14.7 Å². The van der Waals surface area contributed by atoms with Crippen LogP contribution in [0.15, 0.2) is 0 Å². The van der Waals surface area contributed by atoms with E-state index in [1.807, 2.05) is 0 Å². The zero-order chi connectivity index (χ0) is 20.4. The Bertz CT molecular complexity index is 463. The van der Waals surface area contributed by atoms with Crippen LogP contribution >= 0.6 is 0 Å². The van der Waals surface area contributed by atoms with Gasteiger partial charge in [-0.2, -0.15) is 0 Å². The molecule has 0 amide bonds. The zero-order valence-corrected chi connectivity index (χ0v) is 19.4. The van der Waals surface area contributed by atoms with Crippen molar-refractivity contribution in [2.24, 2.45) is 0 Å². The van der Waals surface area contributed by atoms with Crippen LogP contribution in [0.2, 0.25) is 0 Å². The zero-order valence-electron chi connectivity index (χ0n) is 19.4. The number of hydrogen-bond donors (Lipinski definition) is 0. The molecule has 5 heteroatoms. The minimum Gasteiger partial charge on any atom is -0.377 e. The number of ether oxygens (including phenoxy) is 2. The molecule has 1 aliphatic carbocycles. The molecule has 5 nitrogen and oxygen atoms in total. The van der Waals surface area contributed by atoms with Crippen molar-refractivity contribution in [3.8, 4) is 0 Å². The van der Waals surface area contributed by atoms with Crippen molar-refractivity contribution in [1.29, 1.82) is 0 Å². The Morgan fingerprint density at radius 1 is 0.786 bits per heavy atom. The van der Waals surface area contributed by atoms with Crippen molar-refractivity contribution in [2.45, 2.75) is 96.6 Å². The molecule has 2 aliphatic heterocycles. The van der Waals surface area contributed by atoms with E-state index in [2.05, 4.69) is 56.2 Å². The van der Waals surface area contributed by atoms with Gasteiger partial charge in [-0.15, -0.1) is 0 Å². The molecule has 1 saturated carbocycles. The highest BCUT2D eigenvalue weighted by atomic mass is 16.5. The normalized spacial score (nSPS) is 29.8. The summed E-state index contributed by atoms with van der Waals surface area (Å²) in [5, 5.41) is 0. The van der Waals surface area contributed by atoms with Crippen LogP contribution in [0.5, 0.6) is 0 Å². The van der Waals surface area contributed by atoms with E-state index in [0.29, 0.717) is 17.7 Å². The summed E-state index contributed by atoms with van der Waals surface area (Å²) in [6.45, 7) is 22.7. The number of likely N-dealkylation sites (tertiary alicyclic amines) is 1. The molecule has 0 aromatic heterocycles. The Morgan fingerprint density at radius 2 is 1.39 bits per heavy atom. The van der Waals surface area contributed by atoms with E-state index in [4.69, 9.17) is 9.47 Å². The first-order valence-corrected chi connectivity index (χ1v) is 11.6. The van der Waals surface area contributed by atoms with E-state index in [-0.39, 0.29) is 5.60 Å². The van der Waals surface area contributed by atoms with Crippen molar-refractivity contribution in [2.75, 3.05) is 52.4 Å². The summed E-state index contributed by atoms with van der Waals surface area (Å²) < 4.78 is 12.1. The molecule has 0 aromatic rings. The molecular formula is C23H45N3O2. The average molecular weight is 396 g/mol. The summed E-state index contributed by atoms with van der Waals surface area (Å²) in [5.74, 6) is 0. The van der Waals surface area contributed by atoms with Gasteiger partial charge in [-0.05, 0) is 67.2 Å². The third-order valence-corrected chi connectivity index (χ3v) is 6.67. The van der Waals surface area contributed by atoms with Crippen molar-refractivity contribution in [1.82, 2.24) is 14.7 Å². The van der Waals surface area contributed by atoms with Crippen LogP contribution in [-0.4, -0.2) is 96.5 Å². The van der Waals surface area contributed by atoms with E-state index < -0.39 is 0 Å². The van der Waals surface area contributed by atoms with Crippen LogP contribution in [0, 0.1) is 0 Å². The Hall–Kier alpha value is -0.200. The molecule has 164 valence electrons. The monoisotopic (exact) mass is 395 g/mol. The van der Waals surface area contributed by atoms with E-state index in [9.17, 15) is 0 Å². The molecular weight excluding hydrogens is 350 g/mol. The van der Waals surface area contributed by atoms with Crippen molar-refractivity contribution >= 4 is 0 Å². The van der Waals surface area contributed by atoms with Crippen LogP contribution in [0.1, 0.15) is 67.2 Å². The minimum absolute atomic E-state index is 0.0291. The average Bonchev–Trinajstić information content (AvgIpc) is 2.58. The SMILES string of the molecule is CC(C)(C)OC1CC(OCCN2CCN(C3CCN(C(C)(C)C)CC3)CC2)C1. The Morgan fingerprint density at radius 3 is 1.93 bits per heavy atom. The van der Waals surface area contributed by atoms with E-state index in [1.54, 1.807) is 0 Å². The largest absolute Gasteiger partial charge is 0.377 e. The second-order valence-corrected chi connectivity index (χ2v) is 11.1. The molecule has 0 aromatic carbocycles. The molecule has 0 atom stereocenters. The van der Waals surface area contributed by atoms with Crippen LogP contribution in [0.25, 0.3) is 0 Å². The van der Waals surface area contributed by atoms with Crippen molar-refractivity contribution in [3.05, 3.63) is 0 Å². The lowest BCUT2D eigenvalue weighted by Crippen LogP contribution is -2.55. The van der Waals surface area contributed by atoms with Gasteiger partial charge in [0.15, 0.2) is 0 Å². The number of piperazine rings is 1. The van der Waals surface area contributed by atoms with Gasteiger partial charge in [0.05, 0.1) is 24.4 Å². The maximum absolute atomic E-state index is 6.07. The lowest BCUT2D eigenvalue weighted by atomic mass is 9.91. The van der Waals surface area contributed by atoms with E-state index in [1.165, 1.54) is 52.1 Å². The Balaban J connectivity index is 1.25. The highest BCUT2D eigenvalue weighted by molar-refractivity contribution is 4.88. The second-order valence-electron chi connectivity index (χ2n) is 11.1. The van der Waals surface area contributed by atoms with Gasteiger partial charge in [0, 0.05) is 57.4 Å². The third-order valence-electron chi connectivity index (χ3n) is 6.67. The van der Waals surface area contributed by atoms with Crippen molar-refractivity contribution < 1.29 is 9.47 Å². The molecule has 2 heterocycles. The van der Waals surface area contributed by atoms with Crippen LogP contribution in [0.3, 0.4) is 0 Å². The Kier molecular flexibility index (Phi) is 7.47. The molecule has 0 radical (unpaired) electrons. The van der Waals surface area contributed by atoms with E-state index in [0.717, 1.165) is 32.0 Å². The highest BCUT2D eigenvalue weighted by Gasteiger charge is 2.34. The molecule has 3 aliphatic rings. The summed E-state index contributed by atoms with van der Waals surface area (Å²) in [7, 11) is 0. The topological polar surface area (TPSA) is 28.2 Å². The maximum Gasteiger partial charge on any atom is 0.0631 e. The number of nitrogens with zero attached hydrogens (tertiary/aromatic N) is 3. The molecule has 0 spiro atoms. The predicted octanol–water partition coefficient (Wildman–Crippen LogP) is 3.23. The first-order valence-electron chi connectivity index (χ1n) is 11.6. The van der Waals surface area contributed by atoms with Crippen molar-refractivity contribution in [3.63, 3.8) is 0 Å². The minimum atomic E-state index is -0.0291. The van der Waals surface area contributed by atoms with Gasteiger partial charge in [-0.1, -0.05) is 0 Å². The first-order chi connectivity index (χ1) is 13.1. The fourth-order valence-electron chi connectivity index (χ4n) is 4.85. The van der Waals surface area contributed by atoms with Gasteiger partial charge in [-0.25, -0.2) is 0 Å². The lowest BCUT2D eigenvalue weighted by molar-refractivity contribution is -0.149. The molecule has 28 heavy (non-hydrogen) atoms. The molecule has 3 rings (SSSR count). The summed E-state index contributed by atoms with van der Waals surface area (Å²) in [6, 6.07) is 0.798. The molecule has 3 fully saturated rings. The third kappa shape index (κ3) is 6.66. The summed E-state index contributed by atoms with van der Waals surface area (Å²) in [6.07, 6.45) is 5.62. The number of piperidine rings is 1. The standard InChI is InChI=1S/C23H45N3O2/c1-22(2,3)26-9-7-19(8-10-26)25-13-11-24(12-14-25)15-16-27-20-17-21(18-20)28-23(4,5)6/h19-21H,7-18H2,1-6H3. The van der Waals surface area contributed by atoms with Crippen LogP contribution in [0.4, 0.5) is 0 Å². The van der Waals surface area contributed by atoms with Gasteiger partial charge in [0.25, 0.3) is 0 Å². The summed E-state index contributed by atoms with van der Waals surface area (Å²) >= 11 is 0. The fraction of sp³-hybridized carbons (Fsp3) is 1.00. The Labute approximate surface area is 173 Å². The first kappa shape index (κ1) is 22.5. The van der Waals surface area contributed by atoms with Gasteiger partial charge < -0.3 is 9.47 Å². The maximum atomic E-state index is 6.07. The second kappa shape index (κ2) is 9.30. The molecule has 0 N–H and O–H groups in total. The smallest absolute Gasteiger partial charge is 0.0631 e. The highest BCUT2D eigenvalue weighted by Crippen LogP contribution is 2.30. The number of hydrogen-bond acceptors (Lipinski definition) is 5. The lowest BCUT2D eigenvalue weighted by Gasteiger charge is -2.46. The van der Waals surface area contributed by atoms with E-state index >= 15 is 0 Å². The van der Waals surface area contributed by atoms with Crippen LogP contribution in [-0.2, 0) is 9.47 Å². The number of rotatable bonds is 6. The summed E-state index contributed by atoms with van der Waals surface area (Å²) in [4.78, 5) is 7.98. The predicted molar refractivity (Wildman–Crippen MR) is 116 cm³/mol.